The van der Waals surface area contributed by atoms with E-state index in [0.29, 0.717) is 29.4 Å². The van der Waals surface area contributed by atoms with E-state index in [0.717, 1.165) is 11.1 Å². The molecule has 0 unspecified atom stereocenters. The van der Waals surface area contributed by atoms with Crippen LogP contribution in [-0.4, -0.2) is 26.1 Å². The zero-order chi connectivity index (χ0) is 17.8. The van der Waals surface area contributed by atoms with Crippen LogP contribution in [0.1, 0.15) is 16.7 Å². The topological polar surface area (TPSA) is 57.1 Å². The molecule has 0 amide bonds. The number of ether oxygens (including phenoxy) is 3. The molecule has 1 heterocycles. The Kier molecular flexibility index (Phi) is 4.84. The van der Waals surface area contributed by atoms with E-state index in [4.69, 9.17) is 14.2 Å². The number of methoxy groups -OCH3 is 2. The predicted molar refractivity (Wildman–Crippen MR) is 95.9 cm³/mol. The molecule has 5 heteroatoms. The Morgan fingerprint density at radius 3 is 2.48 bits per heavy atom. The highest BCUT2D eigenvalue weighted by molar-refractivity contribution is 6.07. The summed E-state index contributed by atoms with van der Waals surface area (Å²) in [4.78, 5) is 16.4. The zero-order valence-electron chi connectivity index (χ0n) is 14.4. The molecule has 25 heavy (non-hydrogen) atoms. The average molecular weight is 337 g/mol. The van der Waals surface area contributed by atoms with Gasteiger partial charge in [0.2, 0.25) is 5.90 Å². The average Bonchev–Trinajstić information content (AvgIpc) is 2.96. The number of benzene rings is 2. The molecule has 0 radical (unpaired) electrons. The highest BCUT2D eigenvalue weighted by Crippen LogP contribution is 2.31. The van der Waals surface area contributed by atoms with E-state index >= 15 is 0 Å². The number of rotatable bonds is 5. The molecule has 0 fully saturated rings. The summed E-state index contributed by atoms with van der Waals surface area (Å²) in [6.07, 6.45) is 2.12. The Morgan fingerprint density at radius 1 is 1.08 bits per heavy atom. The second-order valence-corrected chi connectivity index (χ2v) is 5.65. The number of aryl methyl sites for hydroxylation is 1. The fourth-order valence-corrected chi connectivity index (χ4v) is 2.63. The summed E-state index contributed by atoms with van der Waals surface area (Å²) in [5.74, 6) is 1.28. The Hall–Kier alpha value is -3.08. The van der Waals surface area contributed by atoms with Crippen LogP contribution in [0.25, 0.3) is 6.08 Å². The molecule has 128 valence electrons. The number of aliphatic imine (C=N–C) groups is 1. The molecule has 0 saturated carbocycles. The maximum atomic E-state index is 12.1. The lowest BCUT2D eigenvalue weighted by Crippen LogP contribution is -2.06. The zero-order valence-corrected chi connectivity index (χ0v) is 14.4. The van der Waals surface area contributed by atoms with Crippen molar-refractivity contribution in [3.05, 3.63) is 64.9 Å². The standard InChI is InChI=1S/C20H19NO4/c1-13-9-18(24-3)15(12-17(13)23-2)11-16-20(22)25-19(21-16)10-14-7-5-4-6-8-14/h4-9,11-12H,10H2,1-3H3/b16-11+. The number of nitrogens with zero attached hydrogens (tertiary/aromatic N) is 1. The lowest BCUT2D eigenvalue weighted by atomic mass is 10.1. The summed E-state index contributed by atoms with van der Waals surface area (Å²) >= 11 is 0. The van der Waals surface area contributed by atoms with Gasteiger partial charge in [0.1, 0.15) is 11.5 Å². The lowest BCUT2D eigenvalue weighted by molar-refractivity contribution is -0.130. The Labute approximate surface area is 146 Å². The van der Waals surface area contributed by atoms with Gasteiger partial charge in [-0.3, -0.25) is 0 Å². The van der Waals surface area contributed by atoms with Gasteiger partial charge in [-0.05, 0) is 36.3 Å². The third-order valence-corrected chi connectivity index (χ3v) is 3.90. The van der Waals surface area contributed by atoms with Crippen LogP contribution >= 0.6 is 0 Å². The van der Waals surface area contributed by atoms with Crippen molar-refractivity contribution in [2.45, 2.75) is 13.3 Å². The Bertz CT molecular complexity index is 853. The monoisotopic (exact) mass is 337 g/mol. The number of esters is 1. The molecule has 2 aromatic carbocycles. The number of carbonyl (C=O) groups is 1. The highest BCUT2D eigenvalue weighted by Gasteiger charge is 2.23. The van der Waals surface area contributed by atoms with Gasteiger partial charge in [0.25, 0.3) is 0 Å². The van der Waals surface area contributed by atoms with Crippen molar-refractivity contribution in [3.63, 3.8) is 0 Å². The summed E-state index contributed by atoms with van der Waals surface area (Å²) in [5.41, 5.74) is 2.94. The molecule has 3 rings (SSSR count). The van der Waals surface area contributed by atoms with E-state index < -0.39 is 5.97 Å². The van der Waals surface area contributed by atoms with E-state index in [1.54, 1.807) is 20.3 Å². The minimum absolute atomic E-state index is 0.245. The predicted octanol–water partition coefficient (Wildman–Crippen LogP) is 3.55. The van der Waals surface area contributed by atoms with Crippen LogP contribution in [0.5, 0.6) is 11.5 Å². The molecule has 0 aromatic heterocycles. The van der Waals surface area contributed by atoms with Gasteiger partial charge in [-0.1, -0.05) is 30.3 Å². The van der Waals surface area contributed by atoms with Crippen molar-refractivity contribution in [1.82, 2.24) is 0 Å². The molecule has 5 nitrogen and oxygen atoms in total. The second-order valence-electron chi connectivity index (χ2n) is 5.65. The van der Waals surface area contributed by atoms with Crippen LogP contribution in [0, 0.1) is 6.92 Å². The van der Waals surface area contributed by atoms with Gasteiger partial charge < -0.3 is 14.2 Å². The molecule has 0 saturated heterocycles. The number of hydrogen-bond acceptors (Lipinski definition) is 5. The largest absolute Gasteiger partial charge is 0.496 e. The van der Waals surface area contributed by atoms with Crippen molar-refractivity contribution in [3.8, 4) is 11.5 Å². The smallest absolute Gasteiger partial charge is 0.363 e. The number of hydrogen-bond donors (Lipinski definition) is 0. The van der Waals surface area contributed by atoms with Gasteiger partial charge in [-0.2, -0.15) is 0 Å². The van der Waals surface area contributed by atoms with Crippen molar-refractivity contribution >= 4 is 17.9 Å². The van der Waals surface area contributed by atoms with Gasteiger partial charge in [0.05, 0.1) is 14.2 Å². The molecule has 0 spiro atoms. The van der Waals surface area contributed by atoms with Crippen LogP contribution in [0.4, 0.5) is 0 Å². The van der Waals surface area contributed by atoms with E-state index in [-0.39, 0.29) is 5.70 Å². The number of carbonyl (C=O) groups excluding carboxylic acids is 1. The third kappa shape index (κ3) is 3.71. The van der Waals surface area contributed by atoms with E-state index in [1.165, 1.54) is 0 Å². The first-order chi connectivity index (χ1) is 12.1. The maximum Gasteiger partial charge on any atom is 0.363 e. The molecule has 1 aliphatic heterocycles. The number of cyclic esters (lactones) is 1. The molecule has 0 aliphatic carbocycles. The first-order valence-electron chi connectivity index (χ1n) is 7.88. The van der Waals surface area contributed by atoms with Gasteiger partial charge >= 0.3 is 5.97 Å². The van der Waals surface area contributed by atoms with Gasteiger partial charge in [0, 0.05) is 12.0 Å². The second kappa shape index (κ2) is 7.21. The van der Waals surface area contributed by atoms with Crippen LogP contribution < -0.4 is 9.47 Å². The molecule has 2 aromatic rings. The summed E-state index contributed by atoms with van der Waals surface area (Å²) in [6, 6.07) is 13.4. The fraction of sp³-hybridized carbons (Fsp3) is 0.200. The SMILES string of the molecule is COc1cc(/C=C2/N=C(Cc3ccccc3)OC2=O)c(OC)cc1C. The molecular formula is C20H19NO4. The normalized spacial score (nSPS) is 15.1. The first-order valence-corrected chi connectivity index (χ1v) is 7.88. The summed E-state index contributed by atoms with van der Waals surface area (Å²) in [7, 11) is 3.19. The molecular weight excluding hydrogens is 318 g/mol. The van der Waals surface area contributed by atoms with Gasteiger partial charge in [0.15, 0.2) is 5.70 Å². The first kappa shape index (κ1) is 16.8. The van der Waals surface area contributed by atoms with Crippen LogP contribution in [0.15, 0.2) is 53.2 Å². The Morgan fingerprint density at radius 2 is 1.80 bits per heavy atom. The Balaban J connectivity index is 1.91. The lowest BCUT2D eigenvalue weighted by Gasteiger charge is -2.10. The minimum atomic E-state index is -0.465. The van der Waals surface area contributed by atoms with E-state index in [9.17, 15) is 4.79 Å². The fourth-order valence-electron chi connectivity index (χ4n) is 2.63. The highest BCUT2D eigenvalue weighted by atomic mass is 16.6. The molecule has 1 aliphatic rings. The van der Waals surface area contributed by atoms with Crippen molar-refractivity contribution in [2.75, 3.05) is 14.2 Å². The molecule has 0 atom stereocenters. The quantitative estimate of drug-likeness (QED) is 0.618. The maximum absolute atomic E-state index is 12.1. The van der Waals surface area contributed by atoms with Crippen LogP contribution in [-0.2, 0) is 16.0 Å². The summed E-state index contributed by atoms with van der Waals surface area (Å²) in [6.45, 7) is 1.93. The molecule has 0 bridgehead atoms. The van der Waals surface area contributed by atoms with Gasteiger partial charge in [-0.15, -0.1) is 0 Å². The van der Waals surface area contributed by atoms with Crippen molar-refractivity contribution in [1.29, 1.82) is 0 Å². The van der Waals surface area contributed by atoms with Crippen LogP contribution in [0.2, 0.25) is 0 Å². The van der Waals surface area contributed by atoms with Gasteiger partial charge in [-0.25, -0.2) is 9.79 Å². The van der Waals surface area contributed by atoms with E-state index in [1.807, 2.05) is 49.4 Å². The van der Waals surface area contributed by atoms with Crippen molar-refractivity contribution in [2.24, 2.45) is 4.99 Å². The molecule has 0 N–H and O–H groups in total. The van der Waals surface area contributed by atoms with Crippen LogP contribution in [0.3, 0.4) is 0 Å². The van der Waals surface area contributed by atoms with Crippen molar-refractivity contribution < 1.29 is 19.0 Å². The summed E-state index contributed by atoms with van der Waals surface area (Å²) < 4.78 is 16.0. The minimum Gasteiger partial charge on any atom is -0.496 e. The van der Waals surface area contributed by atoms with E-state index in [2.05, 4.69) is 4.99 Å². The third-order valence-electron chi connectivity index (χ3n) is 3.90. The summed E-state index contributed by atoms with van der Waals surface area (Å²) in [5, 5.41) is 0.